The fourth-order valence-corrected chi connectivity index (χ4v) is 5.99. The quantitative estimate of drug-likeness (QED) is 0.447. The lowest BCUT2D eigenvalue weighted by Gasteiger charge is -2.31. The van der Waals surface area contributed by atoms with Crippen molar-refractivity contribution < 1.29 is 19.1 Å². The largest absolute Gasteiger partial charge is 0.497 e. The van der Waals surface area contributed by atoms with E-state index in [9.17, 15) is 14.4 Å². The summed E-state index contributed by atoms with van der Waals surface area (Å²) < 4.78 is 9.53. The molecule has 10 heteroatoms. The molecule has 0 bridgehead atoms. The lowest BCUT2D eigenvalue weighted by atomic mass is 9.95. The predicted molar refractivity (Wildman–Crippen MR) is 145 cm³/mol. The summed E-state index contributed by atoms with van der Waals surface area (Å²) >= 11 is 0.894. The first-order valence-electron chi connectivity index (χ1n) is 13.3. The molecule has 200 valence electrons. The number of aromatic nitrogens is 1. The van der Waals surface area contributed by atoms with Gasteiger partial charge >= 0.3 is 0 Å². The molecule has 37 heavy (non-hydrogen) atoms. The molecule has 0 radical (unpaired) electrons. The van der Waals surface area contributed by atoms with Gasteiger partial charge < -0.3 is 21.1 Å². The van der Waals surface area contributed by atoms with Crippen LogP contribution < -0.4 is 26.0 Å². The number of methoxy groups -OCH3 is 1. The van der Waals surface area contributed by atoms with E-state index in [-0.39, 0.29) is 40.2 Å². The summed E-state index contributed by atoms with van der Waals surface area (Å²) in [7, 11) is 1.57. The number of ether oxygens (including phenoxy) is 1. The number of carbonyl (C=O) groups is 3. The van der Waals surface area contributed by atoms with Gasteiger partial charge in [-0.05, 0) is 67.9 Å². The Morgan fingerprint density at radius 2 is 1.62 bits per heavy atom. The molecule has 0 aliphatic heterocycles. The molecule has 2 saturated carbocycles. The maximum absolute atomic E-state index is 14.0. The normalized spacial score (nSPS) is 17.2. The molecule has 3 amide bonds. The molecule has 1 aromatic carbocycles. The number of hydrogen-bond acceptors (Lipinski definition) is 7. The lowest BCUT2D eigenvalue weighted by Crippen LogP contribution is -2.51. The van der Waals surface area contributed by atoms with Crippen molar-refractivity contribution in [2.75, 3.05) is 17.7 Å². The molecule has 0 spiro atoms. The van der Waals surface area contributed by atoms with Gasteiger partial charge in [-0.2, -0.15) is 4.37 Å². The van der Waals surface area contributed by atoms with Crippen molar-refractivity contribution in [1.82, 2.24) is 15.0 Å². The van der Waals surface area contributed by atoms with Crippen LogP contribution in [0.25, 0.3) is 0 Å². The van der Waals surface area contributed by atoms with Gasteiger partial charge in [-0.15, -0.1) is 0 Å². The Morgan fingerprint density at radius 3 is 2.22 bits per heavy atom. The van der Waals surface area contributed by atoms with Gasteiger partial charge in [0.2, 0.25) is 5.91 Å². The standard InChI is InChI=1S/C27H37N5O4S/c1-3-21(25(33)29-17-11-7-8-12-17)32(19-13-15-20(36-2)16-14-19)27(35)24-22(28)23(31-37-24)26(34)30-18-9-5-4-6-10-18/h13-18,21H,3-12,28H2,1-2H3,(H,29,33)(H,30,34). The summed E-state index contributed by atoms with van der Waals surface area (Å²) in [5.74, 6) is -0.373. The fourth-order valence-electron chi connectivity index (χ4n) is 5.26. The SMILES string of the molecule is CCC(C(=O)NC1CCCC1)N(C(=O)c1snc(C(=O)NC2CCCCC2)c1N)c1ccc(OC)cc1. The number of rotatable bonds is 9. The first-order chi connectivity index (χ1) is 17.9. The number of nitrogens with one attached hydrogen (secondary N) is 2. The third kappa shape index (κ3) is 6.23. The number of nitrogens with two attached hydrogens (primary N) is 1. The summed E-state index contributed by atoms with van der Waals surface area (Å²) in [4.78, 5) is 41.9. The highest BCUT2D eigenvalue weighted by atomic mass is 32.1. The number of carbonyl (C=O) groups excluding carboxylic acids is 3. The third-order valence-corrected chi connectivity index (χ3v) is 8.20. The maximum Gasteiger partial charge on any atom is 0.273 e. The van der Waals surface area contributed by atoms with Crippen LogP contribution in [0.15, 0.2) is 24.3 Å². The summed E-state index contributed by atoms with van der Waals surface area (Å²) in [5, 5.41) is 6.14. The third-order valence-electron chi connectivity index (χ3n) is 7.35. The highest BCUT2D eigenvalue weighted by Gasteiger charge is 2.35. The number of anilines is 2. The molecule has 1 atom stereocenters. The number of nitrogen functional groups attached to an aromatic ring is 1. The van der Waals surface area contributed by atoms with Gasteiger partial charge in [0, 0.05) is 17.8 Å². The van der Waals surface area contributed by atoms with Gasteiger partial charge in [-0.1, -0.05) is 39.0 Å². The smallest absolute Gasteiger partial charge is 0.273 e. The second-order valence-electron chi connectivity index (χ2n) is 9.87. The van der Waals surface area contributed by atoms with E-state index in [2.05, 4.69) is 15.0 Å². The van der Waals surface area contributed by atoms with Crippen LogP contribution in [0.3, 0.4) is 0 Å². The molecule has 4 N–H and O–H groups in total. The summed E-state index contributed by atoms with van der Waals surface area (Å²) in [5.41, 5.74) is 7.00. The Morgan fingerprint density at radius 1 is 1.03 bits per heavy atom. The van der Waals surface area contributed by atoms with E-state index < -0.39 is 11.9 Å². The van der Waals surface area contributed by atoms with Crippen molar-refractivity contribution in [3.63, 3.8) is 0 Å². The fraction of sp³-hybridized carbons (Fsp3) is 0.556. The van der Waals surface area contributed by atoms with Crippen LogP contribution in [0.2, 0.25) is 0 Å². The average Bonchev–Trinajstić information content (AvgIpc) is 3.57. The van der Waals surface area contributed by atoms with Crippen LogP contribution in [-0.4, -0.2) is 47.3 Å². The lowest BCUT2D eigenvalue weighted by molar-refractivity contribution is -0.123. The van der Waals surface area contributed by atoms with Crippen LogP contribution in [0, 0.1) is 0 Å². The van der Waals surface area contributed by atoms with Gasteiger partial charge in [-0.25, -0.2) is 0 Å². The van der Waals surface area contributed by atoms with E-state index in [1.807, 2.05) is 6.92 Å². The molecule has 9 nitrogen and oxygen atoms in total. The van der Waals surface area contributed by atoms with Crippen LogP contribution in [0.4, 0.5) is 11.4 Å². The minimum absolute atomic E-state index is 0.0490. The van der Waals surface area contributed by atoms with E-state index >= 15 is 0 Å². The Hall–Kier alpha value is -3.14. The minimum Gasteiger partial charge on any atom is -0.497 e. The Bertz CT molecular complexity index is 1090. The molecule has 1 aromatic heterocycles. The highest BCUT2D eigenvalue weighted by molar-refractivity contribution is 7.09. The molecule has 4 rings (SSSR count). The monoisotopic (exact) mass is 527 g/mol. The summed E-state index contributed by atoms with van der Waals surface area (Å²) in [6.45, 7) is 1.88. The number of nitrogens with zero attached hydrogens (tertiary/aromatic N) is 2. The van der Waals surface area contributed by atoms with Crippen LogP contribution in [0.5, 0.6) is 5.75 Å². The molecule has 0 saturated heterocycles. The van der Waals surface area contributed by atoms with Gasteiger partial charge in [0.05, 0.1) is 12.8 Å². The van der Waals surface area contributed by atoms with Gasteiger partial charge in [0.25, 0.3) is 11.8 Å². The van der Waals surface area contributed by atoms with E-state index in [4.69, 9.17) is 10.5 Å². The van der Waals surface area contributed by atoms with Crippen molar-refractivity contribution in [1.29, 1.82) is 0 Å². The Labute approximate surface area is 222 Å². The zero-order chi connectivity index (χ0) is 26.4. The van der Waals surface area contributed by atoms with Crippen molar-refractivity contribution in [3.05, 3.63) is 34.8 Å². The molecule has 2 aromatic rings. The molecule has 1 heterocycles. The van der Waals surface area contributed by atoms with Crippen LogP contribution >= 0.6 is 11.5 Å². The first-order valence-corrected chi connectivity index (χ1v) is 14.0. The first kappa shape index (κ1) is 26.9. The Kier molecular flexibility index (Phi) is 9.02. The number of benzene rings is 1. The highest BCUT2D eigenvalue weighted by Crippen LogP contribution is 2.30. The summed E-state index contributed by atoms with van der Waals surface area (Å²) in [6, 6.07) is 6.46. The second-order valence-corrected chi connectivity index (χ2v) is 10.6. The van der Waals surface area contributed by atoms with Crippen molar-refractivity contribution in [2.24, 2.45) is 0 Å². The summed E-state index contributed by atoms with van der Waals surface area (Å²) in [6.07, 6.45) is 9.68. The molecule has 2 aliphatic rings. The second kappa shape index (κ2) is 12.4. The van der Waals surface area contributed by atoms with E-state index in [0.29, 0.717) is 17.9 Å². The van der Waals surface area contributed by atoms with E-state index in [1.165, 1.54) is 11.3 Å². The van der Waals surface area contributed by atoms with Gasteiger partial charge in [0.15, 0.2) is 5.69 Å². The zero-order valence-corrected chi connectivity index (χ0v) is 22.4. The van der Waals surface area contributed by atoms with E-state index in [0.717, 1.165) is 62.9 Å². The zero-order valence-electron chi connectivity index (χ0n) is 21.6. The predicted octanol–water partition coefficient (Wildman–Crippen LogP) is 4.28. The van der Waals surface area contributed by atoms with Gasteiger partial charge in [0.1, 0.15) is 16.7 Å². The molecular formula is C27H37N5O4S. The molecule has 1 unspecified atom stereocenters. The average molecular weight is 528 g/mol. The van der Waals surface area contributed by atoms with Crippen molar-refractivity contribution in [3.8, 4) is 5.75 Å². The minimum atomic E-state index is -0.748. The van der Waals surface area contributed by atoms with E-state index in [1.54, 1.807) is 31.4 Å². The number of amides is 3. The van der Waals surface area contributed by atoms with Crippen LogP contribution in [0.1, 0.15) is 91.3 Å². The maximum atomic E-state index is 14.0. The molecule has 2 aliphatic carbocycles. The topological polar surface area (TPSA) is 127 Å². The van der Waals surface area contributed by atoms with Crippen molar-refractivity contribution in [2.45, 2.75) is 89.3 Å². The van der Waals surface area contributed by atoms with Crippen molar-refractivity contribution >= 4 is 40.6 Å². The number of hydrogen-bond donors (Lipinski definition) is 3. The van der Waals surface area contributed by atoms with Crippen LogP contribution in [-0.2, 0) is 4.79 Å². The molecule has 2 fully saturated rings. The molecular weight excluding hydrogens is 490 g/mol. The Balaban J connectivity index is 1.61. The van der Waals surface area contributed by atoms with Gasteiger partial charge in [-0.3, -0.25) is 19.3 Å².